The van der Waals surface area contributed by atoms with Gasteiger partial charge < -0.3 is 4.74 Å². The molecule has 0 fully saturated rings. The van der Waals surface area contributed by atoms with Crippen LogP contribution in [0.4, 0.5) is 0 Å². The lowest BCUT2D eigenvalue weighted by Gasteiger charge is -2.11. The number of hydrogen-bond acceptors (Lipinski definition) is 1. The highest BCUT2D eigenvalue weighted by atomic mass is 16.5. The predicted molar refractivity (Wildman–Crippen MR) is 48.1 cm³/mol. The smallest absolute Gasteiger partial charge is 0.110 e. The maximum Gasteiger partial charge on any atom is 0.110 e. The molecular weight excluding hydrogens is 136 g/mol. The molecule has 0 heterocycles. The van der Waals surface area contributed by atoms with Crippen molar-refractivity contribution in [1.82, 2.24) is 0 Å². The third kappa shape index (κ3) is 5.79. The van der Waals surface area contributed by atoms with E-state index in [9.17, 15) is 0 Å². The molecule has 0 aromatic rings. The highest BCUT2D eigenvalue weighted by Crippen LogP contribution is 2.08. The maximum atomic E-state index is 5.07. The van der Waals surface area contributed by atoms with Gasteiger partial charge in [0, 0.05) is 0 Å². The third-order valence-corrected chi connectivity index (χ3v) is 1.82. The van der Waals surface area contributed by atoms with Gasteiger partial charge in [-0.2, -0.15) is 0 Å². The molecule has 0 aliphatic heterocycles. The van der Waals surface area contributed by atoms with E-state index in [0.717, 1.165) is 12.8 Å². The van der Waals surface area contributed by atoms with E-state index in [0.29, 0.717) is 0 Å². The van der Waals surface area contributed by atoms with E-state index in [1.54, 1.807) is 0 Å². The van der Waals surface area contributed by atoms with Crippen LogP contribution in [-0.2, 0) is 4.74 Å². The fraction of sp³-hybridized carbons (Fsp3) is 0.800. The van der Waals surface area contributed by atoms with Crippen LogP contribution in [0.5, 0.6) is 0 Å². The SMILES string of the molecule is C#CO[C@H](CC)CCCCC. The van der Waals surface area contributed by atoms with Crippen molar-refractivity contribution in [2.75, 3.05) is 0 Å². The van der Waals surface area contributed by atoms with Crippen molar-refractivity contribution >= 4 is 0 Å². The molecule has 1 nitrogen and oxygen atoms in total. The van der Waals surface area contributed by atoms with Crippen molar-refractivity contribution in [2.24, 2.45) is 0 Å². The van der Waals surface area contributed by atoms with E-state index < -0.39 is 0 Å². The van der Waals surface area contributed by atoms with E-state index >= 15 is 0 Å². The van der Waals surface area contributed by atoms with Crippen LogP contribution >= 0.6 is 0 Å². The first-order chi connectivity index (χ1) is 5.35. The molecule has 0 unspecified atom stereocenters. The molecule has 11 heavy (non-hydrogen) atoms. The van der Waals surface area contributed by atoms with Crippen molar-refractivity contribution in [3.05, 3.63) is 0 Å². The molecule has 0 saturated heterocycles. The van der Waals surface area contributed by atoms with Gasteiger partial charge in [0.2, 0.25) is 0 Å². The Morgan fingerprint density at radius 3 is 2.55 bits per heavy atom. The minimum atomic E-state index is 0.284. The van der Waals surface area contributed by atoms with Gasteiger partial charge >= 0.3 is 0 Å². The predicted octanol–water partition coefficient (Wildman–Crippen LogP) is 2.95. The monoisotopic (exact) mass is 154 g/mol. The zero-order valence-corrected chi connectivity index (χ0v) is 7.60. The quantitative estimate of drug-likeness (QED) is 0.422. The van der Waals surface area contributed by atoms with Gasteiger partial charge in [-0.05, 0) is 19.3 Å². The fourth-order valence-electron chi connectivity index (χ4n) is 1.06. The summed E-state index contributed by atoms with van der Waals surface area (Å²) < 4.78 is 5.07. The number of unbranched alkanes of at least 4 members (excludes halogenated alkanes) is 2. The number of ether oxygens (including phenoxy) is 1. The molecule has 0 amide bonds. The standard InChI is InChI=1S/C10H18O/c1-4-7-8-9-10(5-2)11-6-3/h3,10H,4-5,7-9H2,1-2H3/t10-/m1/s1. The van der Waals surface area contributed by atoms with Crippen LogP contribution in [0.25, 0.3) is 0 Å². The highest BCUT2D eigenvalue weighted by molar-refractivity contribution is 4.72. The molecular formula is C10H18O. The largest absolute Gasteiger partial charge is 0.444 e. The van der Waals surface area contributed by atoms with Crippen molar-refractivity contribution in [3.63, 3.8) is 0 Å². The van der Waals surface area contributed by atoms with Gasteiger partial charge in [0.05, 0.1) is 0 Å². The number of rotatable bonds is 6. The second-order valence-electron chi connectivity index (χ2n) is 2.76. The van der Waals surface area contributed by atoms with Gasteiger partial charge in [-0.3, -0.25) is 0 Å². The molecule has 0 rings (SSSR count). The maximum absolute atomic E-state index is 5.07. The fourth-order valence-corrected chi connectivity index (χ4v) is 1.06. The van der Waals surface area contributed by atoms with Crippen LogP contribution in [0, 0.1) is 12.5 Å². The minimum absolute atomic E-state index is 0.284. The molecule has 64 valence electrons. The van der Waals surface area contributed by atoms with Crippen LogP contribution < -0.4 is 0 Å². The summed E-state index contributed by atoms with van der Waals surface area (Å²) in [5.41, 5.74) is 0. The lowest BCUT2D eigenvalue weighted by molar-refractivity contribution is 0.149. The Balaban J connectivity index is 3.30. The van der Waals surface area contributed by atoms with E-state index in [2.05, 4.69) is 20.0 Å². The molecule has 1 heteroatoms. The zero-order valence-electron chi connectivity index (χ0n) is 7.60. The molecule has 0 aliphatic carbocycles. The van der Waals surface area contributed by atoms with E-state index in [1.165, 1.54) is 19.3 Å². The van der Waals surface area contributed by atoms with Crippen LogP contribution in [0.2, 0.25) is 0 Å². The van der Waals surface area contributed by atoms with Crippen molar-refractivity contribution < 1.29 is 4.74 Å². The number of terminal acetylenes is 1. The van der Waals surface area contributed by atoms with Crippen molar-refractivity contribution in [1.29, 1.82) is 0 Å². The molecule has 0 saturated carbocycles. The van der Waals surface area contributed by atoms with Gasteiger partial charge in [0.25, 0.3) is 0 Å². The summed E-state index contributed by atoms with van der Waals surface area (Å²) in [6.45, 7) is 4.30. The summed E-state index contributed by atoms with van der Waals surface area (Å²) in [5.74, 6) is 0. The molecule has 0 aromatic carbocycles. The Morgan fingerprint density at radius 2 is 2.09 bits per heavy atom. The van der Waals surface area contributed by atoms with Gasteiger partial charge in [0.1, 0.15) is 12.2 Å². The molecule has 0 N–H and O–H groups in total. The van der Waals surface area contributed by atoms with E-state index in [-0.39, 0.29) is 6.10 Å². The first-order valence-electron chi connectivity index (χ1n) is 4.46. The topological polar surface area (TPSA) is 9.23 Å². The minimum Gasteiger partial charge on any atom is -0.444 e. The Morgan fingerprint density at radius 1 is 1.36 bits per heavy atom. The Hall–Kier alpha value is -0.640. The highest BCUT2D eigenvalue weighted by Gasteiger charge is 2.03. The van der Waals surface area contributed by atoms with Gasteiger partial charge in [-0.15, -0.1) is 0 Å². The normalized spacial score (nSPS) is 12.1. The first kappa shape index (κ1) is 10.4. The summed E-state index contributed by atoms with van der Waals surface area (Å²) >= 11 is 0. The van der Waals surface area contributed by atoms with Crippen LogP contribution in [0.15, 0.2) is 0 Å². The van der Waals surface area contributed by atoms with Gasteiger partial charge in [0.15, 0.2) is 0 Å². The third-order valence-electron chi connectivity index (χ3n) is 1.82. The molecule has 0 aliphatic rings. The first-order valence-corrected chi connectivity index (χ1v) is 4.46. The zero-order chi connectivity index (χ0) is 8.53. The van der Waals surface area contributed by atoms with Gasteiger partial charge in [-0.1, -0.05) is 33.1 Å². The summed E-state index contributed by atoms with van der Waals surface area (Å²) in [7, 11) is 0. The lowest BCUT2D eigenvalue weighted by Crippen LogP contribution is -2.07. The van der Waals surface area contributed by atoms with Crippen LogP contribution in [-0.4, -0.2) is 6.10 Å². The average molecular weight is 154 g/mol. The van der Waals surface area contributed by atoms with Crippen molar-refractivity contribution in [2.45, 2.75) is 52.1 Å². The average Bonchev–Trinajstić information content (AvgIpc) is 2.03. The molecule has 1 atom stereocenters. The van der Waals surface area contributed by atoms with Crippen molar-refractivity contribution in [3.8, 4) is 12.5 Å². The Kier molecular flexibility index (Phi) is 7.03. The summed E-state index contributed by atoms with van der Waals surface area (Å²) in [6, 6.07) is 0. The lowest BCUT2D eigenvalue weighted by atomic mass is 10.1. The molecule has 0 radical (unpaired) electrons. The van der Waals surface area contributed by atoms with Gasteiger partial charge in [-0.25, -0.2) is 0 Å². The molecule has 0 spiro atoms. The summed E-state index contributed by atoms with van der Waals surface area (Å²) in [6.07, 6.45) is 13.5. The van der Waals surface area contributed by atoms with E-state index in [1.807, 2.05) is 0 Å². The van der Waals surface area contributed by atoms with Crippen LogP contribution in [0.3, 0.4) is 0 Å². The van der Waals surface area contributed by atoms with E-state index in [4.69, 9.17) is 11.2 Å². The van der Waals surface area contributed by atoms with Crippen LogP contribution in [0.1, 0.15) is 46.0 Å². The molecule has 0 aromatic heterocycles. The summed E-state index contributed by atoms with van der Waals surface area (Å²) in [5, 5.41) is 0. The second-order valence-corrected chi connectivity index (χ2v) is 2.76. The second kappa shape index (κ2) is 7.47. The Bertz CT molecular complexity index is 113. The summed E-state index contributed by atoms with van der Waals surface area (Å²) in [4.78, 5) is 0. The Labute approximate surface area is 70.1 Å². The number of hydrogen-bond donors (Lipinski definition) is 0. The molecule has 0 bridgehead atoms.